The minimum absolute atomic E-state index is 0.368. The maximum atomic E-state index is 5.84. The van der Waals surface area contributed by atoms with E-state index in [2.05, 4.69) is 29.0 Å². The number of unbranched alkanes of at least 4 members (excludes halogenated alkanes) is 4. The fourth-order valence-corrected chi connectivity index (χ4v) is 3.18. The number of nitrogens with zero attached hydrogens (tertiary/aromatic N) is 2. The van der Waals surface area contributed by atoms with Crippen LogP contribution >= 0.6 is 0 Å². The predicted octanol–water partition coefficient (Wildman–Crippen LogP) is 5.09. The number of benzene rings is 2. The highest BCUT2D eigenvalue weighted by Crippen LogP contribution is 2.19. The molecule has 0 unspecified atom stereocenters. The molecule has 1 heterocycles. The zero-order chi connectivity index (χ0) is 18.2. The van der Waals surface area contributed by atoms with Gasteiger partial charge in [-0.15, -0.1) is 0 Å². The van der Waals surface area contributed by atoms with E-state index in [1.165, 1.54) is 24.8 Å². The van der Waals surface area contributed by atoms with Crippen LogP contribution in [0.5, 0.6) is 5.75 Å². The molecule has 0 bridgehead atoms. The standard InChI is InChI=1S/C22H27N3O/c1-17-11-6-9-15-21(17)26-16-10-4-2-3-5-13-19-18-12-7-8-14-20(18)25-22(23)24-19/h6-9,11-12,14-15H,2-5,10,13,16H2,1H3,(H2,23,24,25). The Hall–Kier alpha value is -2.62. The van der Waals surface area contributed by atoms with Crippen molar-refractivity contribution in [1.29, 1.82) is 0 Å². The van der Waals surface area contributed by atoms with E-state index in [9.17, 15) is 0 Å². The predicted molar refractivity (Wildman–Crippen MR) is 107 cm³/mol. The summed E-state index contributed by atoms with van der Waals surface area (Å²) in [5.41, 5.74) is 9.03. The van der Waals surface area contributed by atoms with Gasteiger partial charge < -0.3 is 10.5 Å². The molecule has 2 aromatic carbocycles. The second-order valence-electron chi connectivity index (χ2n) is 6.68. The summed E-state index contributed by atoms with van der Waals surface area (Å²) >= 11 is 0. The van der Waals surface area contributed by atoms with Gasteiger partial charge in [-0.2, -0.15) is 0 Å². The molecular formula is C22H27N3O. The van der Waals surface area contributed by atoms with E-state index >= 15 is 0 Å². The smallest absolute Gasteiger partial charge is 0.220 e. The molecule has 0 amide bonds. The maximum absolute atomic E-state index is 5.84. The molecule has 0 radical (unpaired) electrons. The highest BCUT2D eigenvalue weighted by molar-refractivity contribution is 5.81. The molecule has 0 fully saturated rings. The molecule has 0 aliphatic carbocycles. The number of para-hydroxylation sites is 2. The van der Waals surface area contributed by atoms with Crippen LogP contribution in [0.15, 0.2) is 48.5 Å². The lowest BCUT2D eigenvalue weighted by Crippen LogP contribution is -2.01. The summed E-state index contributed by atoms with van der Waals surface area (Å²) in [5, 5.41) is 1.12. The van der Waals surface area contributed by atoms with Crippen LogP contribution < -0.4 is 10.5 Å². The van der Waals surface area contributed by atoms with Gasteiger partial charge in [-0.05, 0) is 43.9 Å². The normalized spacial score (nSPS) is 11.0. The molecule has 0 aliphatic rings. The average molecular weight is 349 g/mol. The van der Waals surface area contributed by atoms with Crippen LogP contribution in [0.1, 0.15) is 43.4 Å². The third-order valence-corrected chi connectivity index (χ3v) is 4.61. The Morgan fingerprint density at radius 3 is 2.46 bits per heavy atom. The fraction of sp³-hybridized carbons (Fsp3) is 0.364. The number of anilines is 1. The fourth-order valence-electron chi connectivity index (χ4n) is 3.18. The molecule has 1 aromatic heterocycles. The number of hydrogen-bond donors (Lipinski definition) is 1. The summed E-state index contributed by atoms with van der Waals surface area (Å²) in [5.74, 6) is 1.37. The monoisotopic (exact) mass is 349 g/mol. The van der Waals surface area contributed by atoms with Crippen molar-refractivity contribution in [3.63, 3.8) is 0 Å². The second kappa shape index (κ2) is 9.18. The van der Waals surface area contributed by atoms with Crippen molar-refractivity contribution >= 4 is 16.9 Å². The summed E-state index contributed by atoms with van der Waals surface area (Å²) in [6.45, 7) is 2.87. The number of rotatable bonds is 9. The van der Waals surface area contributed by atoms with Crippen molar-refractivity contribution in [2.24, 2.45) is 0 Å². The van der Waals surface area contributed by atoms with Crippen LogP contribution in [0.4, 0.5) is 5.95 Å². The number of fused-ring (bicyclic) bond motifs is 1. The lowest BCUT2D eigenvalue weighted by molar-refractivity contribution is 0.302. The Labute approximate surface area is 155 Å². The molecule has 0 spiro atoms. The zero-order valence-electron chi connectivity index (χ0n) is 15.4. The maximum Gasteiger partial charge on any atom is 0.220 e. The van der Waals surface area contributed by atoms with E-state index in [4.69, 9.17) is 10.5 Å². The molecule has 3 aromatic rings. The van der Waals surface area contributed by atoms with Gasteiger partial charge in [0, 0.05) is 5.39 Å². The third-order valence-electron chi connectivity index (χ3n) is 4.61. The van der Waals surface area contributed by atoms with Crippen molar-refractivity contribution < 1.29 is 4.74 Å². The molecule has 0 aliphatic heterocycles. The second-order valence-corrected chi connectivity index (χ2v) is 6.68. The van der Waals surface area contributed by atoms with E-state index < -0.39 is 0 Å². The van der Waals surface area contributed by atoms with Crippen LogP contribution in [-0.4, -0.2) is 16.6 Å². The van der Waals surface area contributed by atoms with Gasteiger partial charge in [-0.1, -0.05) is 55.7 Å². The van der Waals surface area contributed by atoms with Crippen molar-refractivity contribution in [2.75, 3.05) is 12.3 Å². The Bertz CT molecular complexity index is 848. The number of hydrogen-bond acceptors (Lipinski definition) is 4. The summed E-state index contributed by atoms with van der Waals surface area (Å²) in [4.78, 5) is 8.74. The Morgan fingerprint density at radius 2 is 1.58 bits per heavy atom. The van der Waals surface area contributed by atoms with Crippen LogP contribution in [0, 0.1) is 6.92 Å². The van der Waals surface area contributed by atoms with Crippen molar-refractivity contribution in [3.8, 4) is 5.75 Å². The summed E-state index contributed by atoms with van der Waals surface area (Å²) in [7, 11) is 0. The molecule has 26 heavy (non-hydrogen) atoms. The van der Waals surface area contributed by atoms with Crippen molar-refractivity contribution in [3.05, 3.63) is 59.8 Å². The molecule has 3 rings (SSSR count). The van der Waals surface area contributed by atoms with Crippen LogP contribution in [0.25, 0.3) is 10.9 Å². The van der Waals surface area contributed by atoms with Gasteiger partial charge >= 0.3 is 0 Å². The number of nitrogen functional groups attached to an aromatic ring is 1. The minimum atomic E-state index is 0.368. The summed E-state index contributed by atoms with van der Waals surface area (Å²) in [6.07, 6.45) is 6.78. The van der Waals surface area contributed by atoms with Crippen molar-refractivity contribution in [1.82, 2.24) is 9.97 Å². The first-order valence-corrected chi connectivity index (χ1v) is 9.43. The third kappa shape index (κ3) is 4.94. The van der Waals surface area contributed by atoms with E-state index in [1.54, 1.807) is 0 Å². The molecular weight excluding hydrogens is 322 g/mol. The SMILES string of the molecule is Cc1ccccc1OCCCCCCCc1nc(N)nc2ccccc12. The highest BCUT2D eigenvalue weighted by Gasteiger charge is 2.05. The van der Waals surface area contributed by atoms with Crippen LogP contribution in [0.3, 0.4) is 0 Å². The lowest BCUT2D eigenvalue weighted by atomic mass is 10.1. The molecule has 0 saturated carbocycles. The molecule has 0 saturated heterocycles. The van der Waals surface area contributed by atoms with Crippen molar-refractivity contribution in [2.45, 2.75) is 45.4 Å². The molecule has 4 nitrogen and oxygen atoms in total. The first kappa shape index (κ1) is 18.2. The van der Waals surface area contributed by atoms with Gasteiger partial charge in [-0.25, -0.2) is 9.97 Å². The minimum Gasteiger partial charge on any atom is -0.493 e. The van der Waals surface area contributed by atoms with Gasteiger partial charge in [0.1, 0.15) is 5.75 Å². The molecule has 4 heteroatoms. The molecule has 136 valence electrons. The number of nitrogens with two attached hydrogens (primary N) is 1. The van der Waals surface area contributed by atoms with Gasteiger partial charge in [0.05, 0.1) is 17.8 Å². The topological polar surface area (TPSA) is 61.0 Å². The number of aromatic nitrogens is 2. The van der Waals surface area contributed by atoms with Gasteiger partial charge in [0.15, 0.2) is 0 Å². The lowest BCUT2D eigenvalue weighted by Gasteiger charge is -2.09. The van der Waals surface area contributed by atoms with E-state index in [1.807, 2.05) is 36.4 Å². The Balaban J connectivity index is 1.36. The van der Waals surface area contributed by atoms with E-state index in [-0.39, 0.29) is 0 Å². The van der Waals surface area contributed by atoms with Crippen LogP contribution in [-0.2, 0) is 6.42 Å². The molecule has 2 N–H and O–H groups in total. The summed E-state index contributed by atoms with van der Waals surface area (Å²) in [6, 6.07) is 16.3. The first-order chi connectivity index (χ1) is 12.7. The van der Waals surface area contributed by atoms with Gasteiger partial charge in [0.2, 0.25) is 5.95 Å². The van der Waals surface area contributed by atoms with E-state index in [0.717, 1.165) is 48.2 Å². The highest BCUT2D eigenvalue weighted by atomic mass is 16.5. The van der Waals surface area contributed by atoms with Gasteiger partial charge in [0.25, 0.3) is 0 Å². The van der Waals surface area contributed by atoms with Crippen LogP contribution in [0.2, 0.25) is 0 Å². The molecule has 0 atom stereocenters. The largest absolute Gasteiger partial charge is 0.493 e. The average Bonchev–Trinajstić information content (AvgIpc) is 2.65. The quantitative estimate of drug-likeness (QED) is 0.546. The van der Waals surface area contributed by atoms with Gasteiger partial charge in [-0.3, -0.25) is 0 Å². The Morgan fingerprint density at radius 1 is 0.846 bits per heavy atom. The Kier molecular flexibility index (Phi) is 6.42. The first-order valence-electron chi connectivity index (χ1n) is 9.43. The number of aryl methyl sites for hydroxylation is 2. The number of ether oxygens (including phenoxy) is 1. The van der Waals surface area contributed by atoms with E-state index in [0.29, 0.717) is 5.95 Å². The zero-order valence-corrected chi connectivity index (χ0v) is 15.4. The summed E-state index contributed by atoms with van der Waals surface area (Å²) < 4.78 is 5.84.